The second-order valence-electron chi connectivity index (χ2n) is 3.62. The quantitative estimate of drug-likeness (QED) is 0.897. The normalized spacial score (nSPS) is 11.3. The molecule has 1 N–H and O–H groups in total. The van der Waals surface area contributed by atoms with Crippen LogP contribution in [0, 0.1) is 0 Å². The Kier molecular flexibility index (Phi) is 3.15. The lowest BCUT2D eigenvalue weighted by Crippen LogP contribution is -2.05. The smallest absolute Gasteiger partial charge is 0.335 e. The van der Waals surface area contributed by atoms with Crippen molar-refractivity contribution in [2.24, 2.45) is 0 Å². The van der Waals surface area contributed by atoms with Crippen molar-refractivity contribution < 1.29 is 22.8 Å². The number of rotatable bonds is 4. The van der Waals surface area contributed by atoms with E-state index in [1.165, 1.54) is 36.7 Å². The summed E-state index contributed by atoms with van der Waals surface area (Å²) in [5.41, 5.74) is 0.483. The summed E-state index contributed by atoms with van der Waals surface area (Å²) in [6.45, 7) is 0. The number of hydrogen-bond acceptors (Lipinski definition) is 5. The van der Waals surface area contributed by atoms with E-state index in [1.54, 1.807) is 0 Å². The number of hydrogen-bond donors (Lipinski definition) is 1. The largest absolute Gasteiger partial charge is 0.478 e. The highest BCUT2D eigenvalue weighted by Gasteiger charge is 2.17. The van der Waals surface area contributed by atoms with E-state index in [0.29, 0.717) is 5.56 Å². The van der Waals surface area contributed by atoms with Crippen molar-refractivity contribution in [3.8, 4) is 0 Å². The van der Waals surface area contributed by atoms with E-state index in [2.05, 4.69) is 9.68 Å². The number of carbonyl (C=O) groups is 1. The molecule has 0 unspecified atom stereocenters. The van der Waals surface area contributed by atoms with Gasteiger partial charge >= 0.3 is 5.97 Å². The number of carboxylic acids is 1. The van der Waals surface area contributed by atoms with Crippen molar-refractivity contribution in [3.63, 3.8) is 0 Å². The second kappa shape index (κ2) is 4.61. The van der Waals surface area contributed by atoms with Crippen molar-refractivity contribution in [2.75, 3.05) is 0 Å². The van der Waals surface area contributed by atoms with Gasteiger partial charge in [0.05, 0.1) is 22.4 Å². The Morgan fingerprint density at radius 3 is 2.44 bits per heavy atom. The molecule has 0 atom stereocenters. The summed E-state index contributed by atoms with van der Waals surface area (Å²) in [6.07, 6.45) is 2.58. The molecule has 0 spiro atoms. The molecule has 18 heavy (non-hydrogen) atoms. The number of benzene rings is 1. The second-order valence-corrected chi connectivity index (χ2v) is 5.61. The van der Waals surface area contributed by atoms with Crippen LogP contribution < -0.4 is 0 Å². The fourth-order valence-electron chi connectivity index (χ4n) is 1.41. The van der Waals surface area contributed by atoms with Gasteiger partial charge in [0.2, 0.25) is 0 Å². The van der Waals surface area contributed by atoms with Crippen LogP contribution in [0.25, 0.3) is 0 Å². The molecule has 7 heteroatoms. The van der Waals surface area contributed by atoms with Gasteiger partial charge in [-0.25, -0.2) is 13.2 Å². The molecule has 1 aromatic carbocycles. The van der Waals surface area contributed by atoms with Crippen LogP contribution >= 0.6 is 0 Å². The molecule has 1 aromatic heterocycles. The van der Waals surface area contributed by atoms with Gasteiger partial charge in [-0.05, 0) is 24.3 Å². The Morgan fingerprint density at radius 2 is 1.94 bits per heavy atom. The number of sulfone groups is 1. The van der Waals surface area contributed by atoms with E-state index < -0.39 is 15.8 Å². The summed E-state index contributed by atoms with van der Waals surface area (Å²) in [5.74, 6) is -1.33. The molecule has 0 radical (unpaired) electrons. The van der Waals surface area contributed by atoms with Crippen molar-refractivity contribution in [3.05, 3.63) is 47.9 Å². The molecule has 0 fully saturated rings. The maximum absolute atomic E-state index is 12.0. The summed E-state index contributed by atoms with van der Waals surface area (Å²) in [4.78, 5) is 10.7. The van der Waals surface area contributed by atoms with Crippen LogP contribution in [-0.2, 0) is 15.6 Å². The number of aromatic carboxylic acids is 1. The zero-order chi connectivity index (χ0) is 13.2. The molecule has 0 saturated carbocycles. The van der Waals surface area contributed by atoms with Gasteiger partial charge in [0, 0.05) is 5.56 Å². The first kappa shape index (κ1) is 12.3. The molecular formula is C11H9NO5S. The first-order valence-electron chi connectivity index (χ1n) is 4.93. The van der Waals surface area contributed by atoms with Crippen molar-refractivity contribution in [1.82, 2.24) is 5.16 Å². The predicted octanol–water partition coefficient (Wildman–Crippen LogP) is 1.35. The van der Waals surface area contributed by atoms with E-state index in [9.17, 15) is 13.2 Å². The van der Waals surface area contributed by atoms with Gasteiger partial charge in [-0.1, -0.05) is 5.16 Å². The molecule has 6 nitrogen and oxygen atoms in total. The van der Waals surface area contributed by atoms with Crippen molar-refractivity contribution in [2.45, 2.75) is 10.6 Å². The monoisotopic (exact) mass is 267 g/mol. The lowest BCUT2D eigenvalue weighted by molar-refractivity contribution is 0.0696. The van der Waals surface area contributed by atoms with Gasteiger partial charge in [-0.15, -0.1) is 0 Å². The van der Waals surface area contributed by atoms with Crippen LogP contribution in [0.2, 0.25) is 0 Å². The molecule has 94 valence electrons. The number of nitrogens with zero attached hydrogens (tertiary/aromatic N) is 1. The zero-order valence-corrected chi connectivity index (χ0v) is 9.92. The van der Waals surface area contributed by atoms with Gasteiger partial charge in [0.15, 0.2) is 9.84 Å². The highest BCUT2D eigenvalue weighted by atomic mass is 32.2. The van der Waals surface area contributed by atoms with E-state index in [0.717, 1.165) is 0 Å². The Balaban J connectivity index is 2.27. The van der Waals surface area contributed by atoms with Gasteiger partial charge in [-0.3, -0.25) is 0 Å². The van der Waals surface area contributed by atoms with Gasteiger partial charge < -0.3 is 9.63 Å². The molecule has 0 amide bonds. The standard InChI is InChI=1S/C11H9NO5S/c13-11(14)9-1-3-10(4-2-9)18(15,16)7-8-5-12-17-6-8/h1-6H,7H2,(H,13,14). The Morgan fingerprint density at radius 1 is 1.28 bits per heavy atom. The number of carboxylic acid groups (broad SMARTS) is 1. The third-order valence-electron chi connectivity index (χ3n) is 2.30. The lowest BCUT2D eigenvalue weighted by Gasteiger charge is -2.02. The zero-order valence-electron chi connectivity index (χ0n) is 9.11. The Labute approximate surface area is 103 Å². The topological polar surface area (TPSA) is 97.5 Å². The minimum absolute atomic E-state index is 0.0407. The summed E-state index contributed by atoms with van der Waals surface area (Å²) >= 11 is 0. The maximum atomic E-state index is 12.0. The van der Waals surface area contributed by atoms with E-state index in [1.807, 2.05) is 0 Å². The fourth-order valence-corrected chi connectivity index (χ4v) is 2.70. The molecule has 1 heterocycles. The van der Waals surface area contributed by atoms with E-state index in [4.69, 9.17) is 5.11 Å². The van der Waals surface area contributed by atoms with Crippen molar-refractivity contribution in [1.29, 1.82) is 0 Å². The SMILES string of the molecule is O=C(O)c1ccc(S(=O)(=O)Cc2cnoc2)cc1. The molecular weight excluding hydrogens is 258 g/mol. The fraction of sp³-hybridized carbons (Fsp3) is 0.0909. The first-order valence-corrected chi connectivity index (χ1v) is 6.58. The third kappa shape index (κ3) is 2.57. The van der Waals surface area contributed by atoms with Gasteiger partial charge in [0.25, 0.3) is 0 Å². The molecule has 0 aliphatic carbocycles. The van der Waals surface area contributed by atoms with Crippen LogP contribution in [0.3, 0.4) is 0 Å². The van der Waals surface area contributed by atoms with Gasteiger partial charge in [0.1, 0.15) is 6.26 Å². The average molecular weight is 267 g/mol. The molecule has 0 aliphatic heterocycles. The highest BCUT2D eigenvalue weighted by molar-refractivity contribution is 7.90. The highest BCUT2D eigenvalue weighted by Crippen LogP contribution is 2.16. The van der Waals surface area contributed by atoms with Crippen LogP contribution in [0.15, 0.2) is 46.1 Å². The Hall–Kier alpha value is -2.15. The van der Waals surface area contributed by atoms with E-state index in [-0.39, 0.29) is 16.2 Å². The average Bonchev–Trinajstić information content (AvgIpc) is 2.81. The molecule has 0 saturated heterocycles. The number of aromatic nitrogens is 1. The van der Waals surface area contributed by atoms with Crippen LogP contribution in [0.5, 0.6) is 0 Å². The maximum Gasteiger partial charge on any atom is 0.335 e. The first-order chi connectivity index (χ1) is 8.49. The van der Waals surface area contributed by atoms with Crippen molar-refractivity contribution >= 4 is 15.8 Å². The lowest BCUT2D eigenvalue weighted by atomic mass is 10.2. The molecule has 0 bridgehead atoms. The van der Waals surface area contributed by atoms with Gasteiger partial charge in [-0.2, -0.15) is 0 Å². The molecule has 2 rings (SSSR count). The summed E-state index contributed by atoms with van der Waals surface area (Å²) in [5, 5.41) is 12.1. The summed E-state index contributed by atoms with van der Waals surface area (Å²) in [6, 6.07) is 5.05. The van der Waals surface area contributed by atoms with E-state index >= 15 is 0 Å². The summed E-state index contributed by atoms with van der Waals surface area (Å²) in [7, 11) is -3.52. The molecule has 2 aromatic rings. The predicted molar refractivity (Wildman–Crippen MR) is 60.8 cm³/mol. The minimum Gasteiger partial charge on any atom is -0.478 e. The van der Waals surface area contributed by atoms with Crippen LogP contribution in [0.4, 0.5) is 0 Å². The third-order valence-corrected chi connectivity index (χ3v) is 4.00. The Bertz CT molecular complexity index is 643. The van der Waals surface area contributed by atoms with Crippen LogP contribution in [0.1, 0.15) is 15.9 Å². The molecule has 0 aliphatic rings. The summed E-state index contributed by atoms with van der Waals surface area (Å²) < 4.78 is 28.5. The van der Waals surface area contributed by atoms with Crippen LogP contribution in [-0.4, -0.2) is 24.7 Å². The minimum atomic E-state index is -3.52.